The number of rotatable bonds is 5. The van der Waals surface area contributed by atoms with Crippen molar-refractivity contribution in [1.29, 1.82) is 0 Å². The van der Waals surface area contributed by atoms with Gasteiger partial charge in [0.05, 0.1) is 6.54 Å². The van der Waals surface area contributed by atoms with Crippen LogP contribution in [-0.4, -0.2) is 24.4 Å². The lowest BCUT2D eigenvalue weighted by molar-refractivity contribution is -0.117. The molecule has 116 valence electrons. The van der Waals surface area contributed by atoms with Gasteiger partial charge in [-0.1, -0.05) is 42.0 Å². The molecule has 0 unspecified atom stereocenters. The number of aryl methyl sites for hydroxylation is 3. The first kappa shape index (κ1) is 16.2. The largest absolute Gasteiger partial charge is 0.325 e. The first-order valence-corrected chi connectivity index (χ1v) is 7.56. The Kier molecular flexibility index (Phi) is 5.34. The third kappa shape index (κ3) is 4.43. The summed E-state index contributed by atoms with van der Waals surface area (Å²) in [4.78, 5) is 14.2. The fourth-order valence-electron chi connectivity index (χ4n) is 2.52. The van der Waals surface area contributed by atoms with Gasteiger partial charge in [-0.05, 0) is 50.6 Å². The normalized spacial score (nSPS) is 10.8. The maximum absolute atomic E-state index is 12.2. The van der Waals surface area contributed by atoms with Crippen molar-refractivity contribution in [3.8, 4) is 0 Å². The summed E-state index contributed by atoms with van der Waals surface area (Å²) in [5.41, 5.74) is 5.75. The number of carbonyl (C=O) groups is 1. The van der Waals surface area contributed by atoms with Gasteiger partial charge in [-0.25, -0.2) is 0 Å². The number of amides is 1. The Hall–Kier alpha value is -2.13. The first-order valence-electron chi connectivity index (χ1n) is 7.56. The van der Waals surface area contributed by atoms with Gasteiger partial charge in [0.2, 0.25) is 5.91 Å². The summed E-state index contributed by atoms with van der Waals surface area (Å²) >= 11 is 0. The van der Waals surface area contributed by atoms with Crippen LogP contribution in [-0.2, 0) is 11.3 Å². The van der Waals surface area contributed by atoms with Crippen LogP contribution in [0.3, 0.4) is 0 Å². The predicted octanol–water partition coefficient (Wildman–Crippen LogP) is 3.68. The highest BCUT2D eigenvalue weighted by Crippen LogP contribution is 2.14. The van der Waals surface area contributed by atoms with E-state index in [1.165, 1.54) is 16.7 Å². The molecule has 0 aromatic heterocycles. The van der Waals surface area contributed by atoms with Crippen molar-refractivity contribution < 1.29 is 4.79 Å². The molecular weight excluding hydrogens is 272 g/mol. The highest BCUT2D eigenvalue weighted by atomic mass is 16.2. The van der Waals surface area contributed by atoms with Crippen molar-refractivity contribution in [2.75, 3.05) is 18.9 Å². The number of likely N-dealkylation sites (N-methyl/N-ethyl adjacent to an activating group) is 1. The summed E-state index contributed by atoms with van der Waals surface area (Å²) in [7, 11) is 1.97. The second kappa shape index (κ2) is 7.23. The molecule has 0 bridgehead atoms. The van der Waals surface area contributed by atoms with Gasteiger partial charge >= 0.3 is 0 Å². The molecule has 1 amide bonds. The standard InChI is InChI=1S/C19H24N2O/c1-14-9-10-17(16(3)11-14)12-21(4)13-19(22)20-18-8-6-5-7-15(18)2/h5-11H,12-13H2,1-4H3,(H,20,22). The van der Waals surface area contributed by atoms with Gasteiger partial charge in [0.25, 0.3) is 0 Å². The molecule has 0 aliphatic rings. The molecule has 0 aliphatic heterocycles. The van der Waals surface area contributed by atoms with Crippen molar-refractivity contribution in [2.45, 2.75) is 27.3 Å². The summed E-state index contributed by atoms with van der Waals surface area (Å²) < 4.78 is 0. The van der Waals surface area contributed by atoms with Gasteiger partial charge < -0.3 is 5.32 Å². The zero-order valence-corrected chi connectivity index (χ0v) is 13.8. The van der Waals surface area contributed by atoms with Crippen LogP contribution in [0.5, 0.6) is 0 Å². The van der Waals surface area contributed by atoms with Crippen LogP contribution in [0.4, 0.5) is 5.69 Å². The van der Waals surface area contributed by atoms with E-state index in [9.17, 15) is 4.79 Å². The quantitative estimate of drug-likeness (QED) is 0.913. The van der Waals surface area contributed by atoms with E-state index in [-0.39, 0.29) is 5.91 Å². The van der Waals surface area contributed by atoms with Gasteiger partial charge in [-0.2, -0.15) is 0 Å². The molecule has 2 aromatic rings. The molecular formula is C19H24N2O. The number of carbonyl (C=O) groups excluding carboxylic acids is 1. The minimum atomic E-state index is 0.0153. The average molecular weight is 296 g/mol. The number of benzene rings is 2. The van der Waals surface area contributed by atoms with Crippen molar-refractivity contribution in [3.63, 3.8) is 0 Å². The van der Waals surface area contributed by atoms with E-state index >= 15 is 0 Å². The minimum absolute atomic E-state index is 0.0153. The molecule has 1 N–H and O–H groups in total. The van der Waals surface area contributed by atoms with Gasteiger partial charge in [0, 0.05) is 12.2 Å². The first-order chi connectivity index (χ1) is 10.5. The van der Waals surface area contributed by atoms with Crippen LogP contribution in [0.25, 0.3) is 0 Å². The predicted molar refractivity (Wildman–Crippen MR) is 92.1 cm³/mol. The summed E-state index contributed by atoms with van der Waals surface area (Å²) in [5, 5.41) is 2.97. The summed E-state index contributed by atoms with van der Waals surface area (Å²) in [6, 6.07) is 14.3. The molecule has 0 saturated carbocycles. The molecule has 3 nitrogen and oxygen atoms in total. The van der Waals surface area contributed by atoms with Crippen LogP contribution in [0.1, 0.15) is 22.3 Å². The molecule has 0 aliphatic carbocycles. The smallest absolute Gasteiger partial charge is 0.238 e. The number of nitrogens with zero attached hydrogens (tertiary/aromatic N) is 1. The Morgan fingerprint density at radius 2 is 1.77 bits per heavy atom. The van der Waals surface area contributed by atoms with E-state index in [0.29, 0.717) is 6.54 Å². The number of nitrogens with one attached hydrogen (secondary N) is 1. The Balaban J connectivity index is 1.92. The molecule has 0 fully saturated rings. The molecule has 0 saturated heterocycles. The Labute approximate surface area is 133 Å². The van der Waals surface area contributed by atoms with Crippen molar-refractivity contribution in [3.05, 3.63) is 64.7 Å². The summed E-state index contributed by atoms with van der Waals surface area (Å²) in [6.07, 6.45) is 0. The van der Waals surface area contributed by atoms with Gasteiger partial charge in [0.1, 0.15) is 0 Å². The summed E-state index contributed by atoms with van der Waals surface area (Å²) in [5.74, 6) is 0.0153. The van der Waals surface area contributed by atoms with E-state index < -0.39 is 0 Å². The molecule has 2 rings (SSSR count). The average Bonchev–Trinajstić information content (AvgIpc) is 2.44. The lowest BCUT2D eigenvalue weighted by Crippen LogP contribution is -2.30. The molecule has 0 spiro atoms. The third-order valence-electron chi connectivity index (χ3n) is 3.77. The molecule has 0 radical (unpaired) electrons. The Morgan fingerprint density at radius 3 is 2.45 bits per heavy atom. The summed E-state index contributed by atoms with van der Waals surface area (Å²) in [6.45, 7) is 7.35. The zero-order valence-electron chi connectivity index (χ0n) is 13.8. The SMILES string of the molecule is Cc1ccc(CN(C)CC(=O)Nc2ccccc2C)c(C)c1. The number of para-hydroxylation sites is 1. The monoisotopic (exact) mass is 296 g/mol. The third-order valence-corrected chi connectivity index (χ3v) is 3.77. The number of hydrogen-bond donors (Lipinski definition) is 1. The molecule has 2 aromatic carbocycles. The topological polar surface area (TPSA) is 32.3 Å². The molecule has 0 heterocycles. The Bertz CT molecular complexity index is 664. The van der Waals surface area contributed by atoms with E-state index in [1.54, 1.807) is 0 Å². The van der Waals surface area contributed by atoms with Crippen LogP contribution in [0, 0.1) is 20.8 Å². The van der Waals surface area contributed by atoms with Crippen LogP contribution in [0.2, 0.25) is 0 Å². The zero-order chi connectivity index (χ0) is 16.1. The highest BCUT2D eigenvalue weighted by Gasteiger charge is 2.09. The van der Waals surface area contributed by atoms with Crippen molar-refractivity contribution in [2.24, 2.45) is 0 Å². The highest BCUT2D eigenvalue weighted by molar-refractivity contribution is 5.92. The lowest BCUT2D eigenvalue weighted by atomic mass is 10.1. The van der Waals surface area contributed by atoms with E-state index in [0.717, 1.165) is 17.8 Å². The Morgan fingerprint density at radius 1 is 1.05 bits per heavy atom. The van der Waals surface area contributed by atoms with E-state index in [1.807, 2.05) is 43.1 Å². The van der Waals surface area contributed by atoms with Gasteiger partial charge in [-0.15, -0.1) is 0 Å². The maximum Gasteiger partial charge on any atom is 0.238 e. The minimum Gasteiger partial charge on any atom is -0.325 e. The van der Waals surface area contributed by atoms with Crippen LogP contribution >= 0.6 is 0 Å². The fraction of sp³-hybridized carbons (Fsp3) is 0.316. The number of hydrogen-bond acceptors (Lipinski definition) is 2. The van der Waals surface area contributed by atoms with Crippen molar-refractivity contribution >= 4 is 11.6 Å². The van der Waals surface area contributed by atoms with Crippen LogP contribution in [0.15, 0.2) is 42.5 Å². The van der Waals surface area contributed by atoms with E-state index in [2.05, 4.69) is 37.4 Å². The lowest BCUT2D eigenvalue weighted by Gasteiger charge is -2.18. The van der Waals surface area contributed by atoms with Gasteiger partial charge in [0.15, 0.2) is 0 Å². The van der Waals surface area contributed by atoms with Crippen LogP contribution < -0.4 is 5.32 Å². The molecule has 0 atom stereocenters. The number of anilines is 1. The molecule has 22 heavy (non-hydrogen) atoms. The van der Waals surface area contributed by atoms with E-state index in [4.69, 9.17) is 0 Å². The molecule has 3 heteroatoms. The maximum atomic E-state index is 12.2. The second-order valence-electron chi connectivity index (χ2n) is 5.97. The second-order valence-corrected chi connectivity index (χ2v) is 5.97. The fourth-order valence-corrected chi connectivity index (χ4v) is 2.52. The van der Waals surface area contributed by atoms with Crippen molar-refractivity contribution in [1.82, 2.24) is 4.90 Å². The van der Waals surface area contributed by atoms with Gasteiger partial charge in [-0.3, -0.25) is 9.69 Å².